The Kier molecular flexibility index (Phi) is 5.20. The molecule has 8 heteroatoms. The number of amides is 1. The van der Waals surface area contributed by atoms with Crippen molar-refractivity contribution >= 4 is 40.0 Å². The predicted octanol–water partition coefficient (Wildman–Crippen LogP) is 5.12. The van der Waals surface area contributed by atoms with Gasteiger partial charge in [0.15, 0.2) is 0 Å². The summed E-state index contributed by atoms with van der Waals surface area (Å²) in [7, 11) is 0. The van der Waals surface area contributed by atoms with E-state index in [0.717, 1.165) is 11.6 Å². The standard InChI is InChI=1S/C22H15ClFN3O3/c1-12-2-7-20(25-11-12)27-21(29)16-8-13-3-5-15(28)10-19(13)30-22(16)26-18-6-4-14(23)9-17(18)24/h2-11,28H,1H3,(H,25,27,29). The summed E-state index contributed by atoms with van der Waals surface area (Å²) < 4.78 is 20.0. The lowest BCUT2D eigenvalue weighted by atomic mass is 10.1. The summed E-state index contributed by atoms with van der Waals surface area (Å²) in [6.45, 7) is 1.88. The van der Waals surface area contributed by atoms with Crippen molar-refractivity contribution in [3.63, 3.8) is 0 Å². The predicted molar refractivity (Wildman–Crippen MR) is 111 cm³/mol. The quantitative estimate of drug-likeness (QED) is 0.478. The second-order valence-corrected chi connectivity index (χ2v) is 7.01. The molecule has 0 saturated heterocycles. The first-order valence-electron chi connectivity index (χ1n) is 8.90. The fourth-order valence-corrected chi connectivity index (χ4v) is 2.92. The highest BCUT2D eigenvalue weighted by atomic mass is 35.5. The molecule has 0 saturated carbocycles. The number of rotatable bonds is 3. The molecular weight excluding hydrogens is 409 g/mol. The van der Waals surface area contributed by atoms with Gasteiger partial charge < -0.3 is 14.8 Å². The number of aryl methyl sites for hydroxylation is 1. The average Bonchev–Trinajstić information content (AvgIpc) is 2.71. The van der Waals surface area contributed by atoms with E-state index >= 15 is 0 Å². The lowest BCUT2D eigenvalue weighted by Crippen LogP contribution is -2.22. The first kappa shape index (κ1) is 19.6. The number of hydrogen-bond donors (Lipinski definition) is 2. The largest absolute Gasteiger partial charge is 0.508 e. The van der Waals surface area contributed by atoms with Crippen molar-refractivity contribution in [1.82, 2.24) is 4.98 Å². The van der Waals surface area contributed by atoms with Crippen molar-refractivity contribution in [2.45, 2.75) is 6.92 Å². The van der Waals surface area contributed by atoms with E-state index < -0.39 is 11.7 Å². The number of carbonyl (C=O) groups is 1. The molecular formula is C22H15ClFN3O3. The first-order chi connectivity index (χ1) is 14.4. The minimum atomic E-state index is -0.666. The molecule has 0 bridgehead atoms. The number of aromatic hydroxyl groups is 1. The normalized spacial score (nSPS) is 11.6. The summed E-state index contributed by atoms with van der Waals surface area (Å²) in [6.07, 6.45) is 1.62. The molecule has 0 fully saturated rings. The van der Waals surface area contributed by atoms with E-state index in [2.05, 4.69) is 15.3 Å². The number of aromatic nitrogens is 1. The van der Waals surface area contributed by atoms with Gasteiger partial charge in [0.05, 0.1) is 0 Å². The molecule has 0 aliphatic rings. The highest BCUT2D eigenvalue weighted by Gasteiger charge is 2.15. The van der Waals surface area contributed by atoms with E-state index in [1.807, 2.05) is 13.0 Å². The van der Waals surface area contributed by atoms with Gasteiger partial charge in [0, 0.05) is 22.7 Å². The highest BCUT2D eigenvalue weighted by molar-refractivity contribution is 6.30. The van der Waals surface area contributed by atoms with Crippen LogP contribution in [0.2, 0.25) is 5.02 Å². The van der Waals surface area contributed by atoms with Crippen molar-refractivity contribution in [2.75, 3.05) is 5.32 Å². The van der Waals surface area contributed by atoms with E-state index in [1.54, 1.807) is 24.4 Å². The molecule has 6 nitrogen and oxygen atoms in total. The van der Waals surface area contributed by atoms with Crippen molar-refractivity contribution in [1.29, 1.82) is 0 Å². The van der Waals surface area contributed by atoms with E-state index in [9.17, 15) is 14.3 Å². The van der Waals surface area contributed by atoms with Crippen LogP contribution in [0.15, 0.2) is 70.2 Å². The Balaban J connectivity index is 1.86. The second-order valence-electron chi connectivity index (χ2n) is 6.57. The van der Waals surface area contributed by atoms with Gasteiger partial charge >= 0.3 is 0 Å². The van der Waals surface area contributed by atoms with Crippen LogP contribution in [0.5, 0.6) is 5.75 Å². The van der Waals surface area contributed by atoms with Crippen LogP contribution < -0.4 is 10.9 Å². The highest BCUT2D eigenvalue weighted by Crippen LogP contribution is 2.23. The molecule has 1 amide bonds. The third-order valence-electron chi connectivity index (χ3n) is 4.26. The van der Waals surface area contributed by atoms with E-state index in [1.165, 1.54) is 24.3 Å². The van der Waals surface area contributed by atoms with Gasteiger partial charge in [-0.1, -0.05) is 17.7 Å². The van der Waals surface area contributed by atoms with Gasteiger partial charge in [-0.2, -0.15) is 0 Å². The van der Waals surface area contributed by atoms with Gasteiger partial charge in [0.25, 0.3) is 5.91 Å². The van der Waals surface area contributed by atoms with Crippen LogP contribution in [0.4, 0.5) is 15.9 Å². The van der Waals surface area contributed by atoms with Gasteiger partial charge in [-0.15, -0.1) is 0 Å². The van der Waals surface area contributed by atoms with Crippen LogP contribution in [0.3, 0.4) is 0 Å². The maximum absolute atomic E-state index is 14.3. The molecule has 0 atom stereocenters. The molecule has 0 radical (unpaired) electrons. The zero-order valence-electron chi connectivity index (χ0n) is 15.7. The van der Waals surface area contributed by atoms with Crippen LogP contribution in [-0.4, -0.2) is 16.0 Å². The van der Waals surface area contributed by atoms with Gasteiger partial charge in [-0.05, 0) is 55.0 Å². The average molecular weight is 424 g/mol. The zero-order valence-corrected chi connectivity index (χ0v) is 16.4. The Morgan fingerprint density at radius 2 is 2.00 bits per heavy atom. The van der Waals surface area contributed by atoms with Gasteiger partial charge in [0.1, 0.15) is 34.2 Å². The molecule has 4 rings (SSSR count). The number of fused-ring (bicyclic) bond motifs is 1. The van der Waals surface area contributed by atoms with E-state index in [-0.39, 0.29) is 33.2 Å². The molecule has 150 valence electrons. The number of nitrogens with zero attached hydrogens (tertiary/aromatic N) is 2. The van der Waals surface area contributed by atoms with Gasteiger partial charge in [0.2, 0.25) is 5.55 Å². The number of carbonyl (C=O) groups excluding carboxylic acids is 1. The zero-order chi connectivity index (χ0) is 21.3. The van der Waals surface area contributed by atoms with Crippen molar-refractivity contribution in [3.05, 3.63) is 88.3 Å². The summed E-state index contributed by atoms with van der Waals surface area (Å²) >= 11 is 5.79. The lowest BCUT2D eigenvalue weighted by Gasteiger charge is -2.07. The maximum atomic E-state index is 14.3. The fourth-order valence-electron chi connectivity index (χ4n) is 2.76. The summed E-state index contributed by atoms with van der Waals surface area (Å²) in [5.41, 5.74) is 1.13. The van der Waals surface area contributed by atoms with Crippen molar-refractivity contribution in [3.8, 4) is 5.75 Å². The van der Waals surface area contributed by atoms with Crippen LogP contribution in [0, 0.1) is 12.7 Å². The molecule has 2 aromatic heterocycles. The summed E-state index contributed by atoms with van der Waals surface area (Å²) in [6, 6.07) is 13.4. The summed E-state index contributed by atoms with van der Waals surface area (Å²) in [5, 5.41) is 13.2. The fraction of sp³-hybridized carbons (Fsp3) is 0.0455. The molecule has 2 aromatic carbocycles. The first-order valence-corrected chi connectivity index (χ1v) is 9.27. The smallest absolute Gasteiger partial charge is 0.262 e. The Labute approximate surface area is 175 Å². The lowest BCUT2D eigenvalue weighted by molar-refractivity contribution is 0.102. The molecule has 2 N–H and O–H groups in total. The maximum Gasteiger partial charge on any atom is 0.262 e. The SMILES string of the molecule is Cc1ccc(NC(=O)c2cc3ccc(O)cc3oc2=Nc2ccc(Cl)cc2F)nc1. The molecule has 0 spiro atoms. The van der Waals surface area contributed by atoms with Crippen molar-refractivity contribution in [2.24, 2.45) is 4.99 Å². The minimum absolute atomic E-state index is 0.0177. The molecule has 4 aromatic rings. The third kappa shape index (κ3) is 4.16. The molecule has 0 aliphatic carbocycles. The molecule has 30 heavy (non-hydrogen) atoms. The topological polar surface area (TPSA) is 87.7 Å². The Morgan fingerprint density at radius 3 is 2.73 bits per heavy atom. The molecule has 2 heterocycles. The minimum Gasteiger partial charge on any atom is -0.508 e. The number of pyridine rings is 1. The number of hydrogen-bond acceptors (Lipinski definition) is 5. The monoisotopic (exact) mass is 423 g/mol. The molecule has 0 aliphatic heterocycles. The van der Waals surface area contributed by atoms with Crippen LogP contribution in [-0.2, 0) is 0 Å². The Morgan fingerprint density at radius 1 is 1.17 bits per heavy atom. The third-order valence-corrected chi connectivity index (χ3v) is 4.50. The van der Waals surface area contributed by atoms with Gasteiger partial charge in [-0.25, -0.2) is 14.4 Å². The van der Waals surface area contributed by atoms with Crippen molar-refractivity contribution < 1.29 is 18.7 Å². The number of halogens is 2. The summed E-state index contributed by atoms with van der Waals surface area (Å²) in [4.78, 5) is 21.3. The van der Waals surface area contributed by atoms with E-state index in [0.29, 0.717) is 11.2 Å². The van der Waals surface area contributed by atoms with Gasteiger partial charge in [-0.3, -0.25) is 4.79 Å². The Bertz CT molecular complexity index is 1330. The van der Waals surface area contributed by atoms with Crippen LogP contribution in [0.1, 0.15) is 15.9 Å². The number of phenolic OH excluding ortho intramolecular Hbond substituents is 1. The number of anilines is 1. The number of benzene rings is 2. The number of phenols is 1. The van der Waals surface area contributed by atoms with E-state index in [4.69, 9.17) is 16.0 Å². The molecule has 0 unspecified atom stereocenters. The number of nitrogens with one attached hydrogen (secondary N) is 1. The van der Waals surface area contributed by atoms with Crippen LogP contribution >= 0.6 is 11.6 Å². The summed E-state index contributed by atoms with van der Waals surface area (Å²) in [5.74, 6) is -0.866. The second kappa shape index (κ2) is 7.96. The Hall–Kier alpha value is -3.71. The van der Waals surface area contributed by atoms with Crippen LogP contribution in [0.25, 0.3) is 11.0 Å².